The molecule has 188 valence electrons. The lowest BCUT2D eigenvalue weighted by molar-refractivity contribution is -0.160. The summed E-state index contributed by atoms with van der Waals surface area (Å²) in [5.74, 6) is 0.824. The molecule has 2 aliphatic heterocycles. The van der Waals surface area contributed by atoms with Crippen LogP contribution >= 0.6 is 0 Å². The van der Waals surface area contributed by atoms with Crippen LogP contribution < -0.4 is 0 Å². The zero-order chi connectivity index (χ0) is 24.6. The second-order valence-corrected chi connectivity index (χ2v) is 10.9. The largest absolute Gasteiger partial charge is 0.346 e. The highest BCUT2D eigenvalue weighted by atomic mass is 16.2. The molecule has 1 saturated carbocycles. The zero-order valence-electron chi connectivity index (χ0n) is 21.2. The molecule has 2 amide bonds. The van der Waals surface area contributed by atoms with Crippen LogP contribution in [0.1, 0.15) is 54.8 Å². The van der Waals surface area contributed by atoms with E-state index in [1.807, 2.05) is 4.90 Å². The normalized spacial score (nSPS) is 21.9. The van der Waals surface area contributed by atoms with E-state index in [0.29, 0.717) is 25.6 Å². The number of benzene rings is 2. The Labute approximate surface area is 213 Å². The number of rotatable bonds is 5. The zero-order valence-corrected chi connectivity index (χ0v) is 21.2. The Kier molecular flexibility index (Phi) is 6.30. The number of fused-ring (bicyclic) bond motifs is 2. The first-order valence-electron chi connectivity index (χ1n) is 13.5. The predicted octanol–water partition coefficient (Wildman–Crippen LogP) is 4.28. The number of hydrogen-bond acceptors (Lipinski definition) is 3. The number of piperazine rings is 2. The van der Waals surface area contributed by atoms with Crippen molar-refractivity contribution >= 4 is 22.7 Å². The van der Waals surface area contributed by atoms with E-state index in [0.717, 1.165) is 18.7 Å². The summed E-state index contributed by atoms with van der Waals surface area (Å²) in [7, 11) is 2.10. The molecule has 6 heteroatoms. The van der Waals surface area contributed by atoms with Gasteiger partial charge in [-0.05, 0) is 47.4 Å². The highest BCUT2D eigenvalue weighted by Gasteiger charge is 2.42. The summed E-state index contributed by atoms with van der Waals surface area (Å²) in [5.41, 5.74) is 4.97. The molecule has 0 N–H and O–H groups in total. The van der Waals surface area contributed by atoms with Crippen molar-refractivity contribution < 1.29 is 9.59 Å². The third-order valence-corrected chi connectivity index (χ3v) is 8.57. The average molecular weight is 485 g/mol. The van der Waals surface area contributed by atoms with Gasteiger partial charge in [0.1, 0.15) is 12.6 Å². The maximum Gasteiger partial charge on any atom is 0.247 e. The lowest BCUT2D eigenvalue weighted by Gasteiger charge is -2.46. The Morgan fingerprint density at radius 1 is 0.889 bits per heavy atom. The number of aromatic nitrogens is 1. The molecule has 1 unspecified atom stereocenters. The van der Waals surface area contributed by atoms with E-state index in [2.05, 4.69) is 71.1 Å². The lowest BCUT2D eigenvalue weighted by Crippen LogP contribution is -2.66. The molecular weight excluding hydrogens is 448 g/mol. The molecule has 2 aromatic carbocycles. The number of carbonyl (C=O) groups is 2. The molecule has 3 heterocycles. The maximum atomic E-state index is 13.5. The summed E-state index contributed by atoms with van der Waals surface area (Å²) in [6.07, 6.45) is 6.58. The van der Waals surface area contributed by atoms with Gasteiger partial charge in [0.25, 0.3) is 0 Å². The molecule has 1 aliphatic carbocycles. The number of hydrogen-bond donors (Lipinski definition) is 0. The molecule has 0 spiro atoms. The Bertz CT molecular complexity index is 1260. The quantitative estimate of drug-likeness (QED) is 0.543. The van der Waals surface area contributed by atoms with Crippen LogP contribution in [0.4, 0.5) is 0 Å². The number of aryl methyl sites for hydroxylation is 1. The van der Waals surface area contributed by atoms with E-state index in [9.17, 15) is 9.59 Å². The van der Waals surface area contributed by atoms with Gasteiger partial charge >= 0.3 is 0 Å². The molecule has 0 bridgehead atoms. The second kappa shape index (κ2) is 9.74. The summed E-state index contributed by atoms with van der Waals surface area (Å²) in [6, 6.07) is 19.0. The molecule has 3 aromatic rings. The third-order valence-electron chi connectivity index (χ3n) is 8.57. The fourth-order valence-corrected chi connectivity index (χ4v) is 6.45. The Morgan fingerprint density at radius 3 is 2.44 bits per heavy atom. The average Bonchev–Trinajstić information content (AvgIpc) is 3.23. The molecule has 3 fully saturated rings. The van der Waals surface area contributed by atoms with Gasteiger partial charge in [-0.1, -0.05) is 61.7 Å². The molecule has 1 atom stereocenters. The standard InChI is InChI=1S/C30H36N4O2/c1-31-26(17-25-9-5-6-10-27(25)31)19-32-15-16-34-28(20-32)30(36)33(21-29(34)35)18-22-11-13-24(14-12-22)23-7-3-2-4-8-23/h5-6,9-14,17,23,28H,2-4,7-8,15-16,18-21H2,1H3. The van der Waals surface area contributed by atoms with Crippen LogP contribution in [0.3, 0.4) is 0 Å². The maximum absolute atomic E-state index is 13.5. The predicted molar refractivity (Wildman–Crippen MR) is 141 cm³/mol. The van der Waals surface area contributed by atoms with Crippen molar-refractivity contribution in [1.29, 1.82) is 0 Å². The summed E-state index contributed by atoms with van der Waals surface area (Å²) in [6.45, 7) is 3.46. The van der Waals surface area contributed by atoms with Crippen molar-refractivity contribution in [3.05, 3.63) is 71.4 Å². The number of para-hydroxylation sites is 1. The Balaban J connectivity index is 1.13. The van der Waals surface area contributed by atoms with E-state index in [1.54, 1.807) is 4.90 Å². The fraction of sp³-hybridized carbons (Fsp3) is 0.467. The summed E-state index contributed by atoms with van der Waals surface area (Å²) in [5, 5.41) is 1.23. The van der Waals surface area contributed by atoms with Crippen molar-refractivity contribution in [2.75, 3.05) is 26.2 Å². The van der Waals surface area contributed by atoms with Crippen LogP contribution in [-0.4, -0.2) is 63.3 Å². The molecule has 2 saturated heterocycles. The van der Waals surface area contributed by atoms with Gasteiger partial charge in [-0.3, -0.25) is 14.5 Å². The van der Waals surface area contributed by atoms with E-state index in [-0.39, 0.29) is 18.4 Å². The van der Waals surface area contributed by atoms with Crippen LogP contribution in [0, 0.1) is 0 Å². The van der Waals surface area contributed by atoms with Gasteiger partial charge in [-0.2, -0.15) is 0 Å². The van der Waals surface area contributed by atoms with Crippen LogP contribution in [0.15, 0.2) is 54.6 Å². The Hall–Kier alpha value is -3.12. The first kappa shape index (κ1) is 23.3. The molecule has 3 aliphatic rings. The van der Waals surface area contributed by atoms with Crippen LogP contribution in [0.5, 0.6) is 0 Å². The van der Waals surface area contributed by atoms with Crippen molar-refractivity contribution in [3.63, 3.8) is 0 Å². The van der Waals surface area contributed by atoms with Gasteiger partial charge in [-0.25, -0.2) is 0 Å². The fourth-order valence-electron chi connectivity index (χ4n) is 6.45. The van der Waals surface area contributed by atoms with E-state index >= 15 is 0 Å². The molecular formula is C30H36N4O2. The van der Waals surface area contributed by atoms with Gasteiger partial charge < -0.3 is 14.4 Å². The van der Waals surface area contributed by atoms with E-state index < -0.39 is 6.04 Å². The second-order valence-electron chi connectivity index (χ2n) is 10.9. The summed E-state index contributed by atoms with van der Waals surface area (Å²) < 4.78 is 2.23. The molecule has 1 aromatic heterocycles. The minimum absolute atomic E-state index is 0.0719. The first-order chi connectivity index (χ1) is 17.6. The van der Waals surface area contributed by atoms with Crippen molar-refractivity contribution in [3.8, 4) is 0 Å². The van der Waals surface area contributed by atoms with Crippen LogP contribution in [0.2, 0.25) is 0 Å². The first-order valence-corrected chi connectivity index (χ1v) is 13.5. The van der Waals surface area contributed by atoms with Gasteiger partial charge in [0.2, 0.25) is 11.8 Å². The minimum Gasteiger partial charge on any atom is -0.346 e. The summed E-state index contributed by atoms with van der Waals surface area (Å²) in [4.78, 5) is 32.4. The monoisotopic (exact) mass is 484 g/mol. The molecule has 6 rings (SSSR count). The SMILES string of the molecule is Cn1c(CN2CCN3C(=O)CN(Cc4ccc(C5CCCCC5)cc4)C(=O)C3C2)cc2ccccc21. The molecule has 36 heavy (non-hydrogen) atoms. The number of carbonyl (C=O) groups excluding carboxylic acids is 2. The van der Waals surface area contributed by atoms with Crippen molar-refractivity contribution in [2.45, 2.75) is 57.2 Å². The van der Waals surface area contributed by atoms with Crippen molar-refractivity contribution in [2.24, 2.45) is 7.05 Å². The molecule has 6 nitrogen and oxygen atoms in total. The highest BCUT2D eigenvalue weighted by molar-refractivity contribution is 5.95. The topological polar surface area (TPSA) is 48.8 Å². The van der Waals surface area contributed by atoms with Crippen molar-refractivity contribution in [1.82, 2.24) is 19.3 Å². The van der Waals surface area contributed by atoms with Gasteiger partial charge in [-0.15, -0.1) is 0 Å². The van der Waals surface area contributed by atoms with Gasteiger partial charge in [0, 0.05) is 51.0 Å². The summed E-state index contributed by atoms with van der Waals surface area (Å²) >= 11 is 0. The minimum atomic E-state index is -0.392. The molecule has 0 radical (unpaired) electrons. The van der Waals surface area contributed by atoms with E-state index in [1.165, 1.54) is 54.3 Å². The van der Waals surface area contributed by atoms with Gasteiger partial charge in [0.05, 0.1) is 0 Å². The number of nitrogens with zero attached hydrogens (tertiary/aromatic N) is 4. The third kappa shape index (κ3) is 4.43. The van der Waals surface area contributed by atoms with Crippen LogP contribution in [-0.2, 0) is 29.7 Å². The lowest BCUT2D eigenvalue weighted by atomic mass is 9.84. The highest BCUT2D eigenvalue weighted by Crippen LogP contribution is 2.33. The number of amides is 2. The van der Waals surface area contributed by atoms with Gasteiger partial charge in [0.15, 0.2) is 0 Å². The smallest absolute Gasteiger partial charge is 0.247 e. The van der Waals surface area contributed by atoms with Crippen LogP contribution in [0.25, 0.3) is 10.9 Å². The Morgan fingerprint density at radius 2 is 1.67 bits per heavy atom. The van der Waals surface area contributed by atoms with E-state index in [4.69, 9.17) is 0 Å².